The van der Waals surface area contributed by atoms with Gasteiger partial charge in [-0.15, -0.1) is 11.3 Å². The van der Waals surface area contributed by atoms with Gasteiger partial charge in [0.2, 0.25) is 0 Å². The number of methoxy groups -OCH3 is 1. The molecule has 0 aliphatic carbocycles. The monoisotopic (exact) mass is 234 g/mol. The maximum absolute atomic E-state index is 10.2. The highest BCUT2D eigenvalue weighted by Gasteiger charge is 2.16. The SMILES string of the molecule is COc1ccsc1C(O)c1cccc(C)c1. The van der Waals surface area contributed by atoms with E-state index >= 15 is 0 Å². The van der Waals surface area contributed by atoms with Gasteiger partial charge in [0.15, 0.2) is 0 Å². The summed E-state index contributed by atoms with van der Waals surface area (Å²) in [6.45, 7) is 2.02. The fourth-order valence-corrected chi connectivity index (χ4v) is 2.54. The molecule has 1 unspecified atom stereocenters. The molecule has 2 rings (SSSR count). The van der Waals surface area contributed by atoms with Gasteiger partial charge < -0.3 is 9.84 Å². The molecule has 1 aromatic heterocycles. The molecular weight excluding hydrogens is 220 g/mol. The molecule has 0 radical (unpaired) electrons. The molecule has 16 heavy (non-hydrogen) atoms. The van der Waals surface area contributed by atoms with Gasteiger partial charge in [-0.3, -0.25) is 0 Å². The summed E-state index contributed by atoms with van der Waals surface area (Å²) >= 11 is 1.51. The van der Waals surface area contributed by atoms with E-state index in [1.807, 2.05) is 42.6 Å². The topological polar surface area (TPSA) is 29.5 Å². The van der Waals surface area contributed by atoms with E-state index in [9.17, 15) is 5.11 Å². The Morgan fingerprint density at radius 2 is 2.12 bits per heavy atom. The summed E-state index contributed by atoms with van der Waals surface area (Å²) in [5, 5.41) is 12.2. The zero-order valence-corrected chi connectivity index (χ0v) is 10.1. The van der Waals surface area contributed by atoms with Gasteiger partial charge in [-0.05, 0) is 23.9 Å². The van der Waals surface area contributed by atoms with E-state index in [1.165, 1.54) is 11.3 Å². The molecule has 2 nitrogen and oxygen atoms in total. The van der Waals surface area contributed by atoms with Crippen molar-refractivity contribution in [1.29, 1.82) is 0 Å². The lowest BCUT2D eigenvalue weighted by atomic mass is 10.1. The molecule has 0 aliphatic heterocycles. The van der Waals surface area contributed by atoms with E-state index in [0.29, 0.717) is 0 Å². The summed E-state index contributed by atoms with van der Waals surface area (Å²) in [6.07, 6.45) is -0.602. The van der Waals surface area contributed by atoms with Crippen LogP contribution >= 0.6 is 11.3 Å². The molecule has 1 atom stereocenters. The fraction of sp³-hybridized carbons (Fsp3) is 0.231. The Labute approximate surface area is 99.1 Å². The zero-order valence-electron chi connectivity index (χ0n) is 9.31. The summed E-state index contributed by atoms with van der Waals surface area (Å²) in [6, 6.07) is 9.76. The first kappa shape index (κ1) is 11.2. The summed E-state index contributed by atoms with van der Waals surface area (Å²) in [4.78, 5) is 0.855. The van der Waals surface area contributed by atoms with Crippen molar-refractivity contribution in [3.63, 3.8) is 0 Å². The van der Waals surface area contributed by atoms with Crippen LogP contribution in [0.3, 0.4) is 0 Å². The summed E-state index contributed by atoms with van der Waals surface area (Å²) < 4.78 is 5.21. The third-order valence-corrected chi connectivity index (χ3v) is 3.43. The van der Waals surface area contributed by atoms with Crippen molar-refractivity contribution in [1.82, 2.24) is 0 Å². The Morgan fingerprint density at radius 1 is 1.31 bits per heavy atom. The van der Waals surface area contributed by atoms with Crippen LogP contribution in [0.5, 0.6) is 5.75 Å². The fourth-order valence-electron chi connectivity index (χ4n) is 1.67. The molecular formula is C13H14O2S. The van der Waals surface area contributed by atoms with E-state index in [2.05, 4.69) is 0 Å². The summed E-state index contributed by atoms with van der Waals surface area (Å²) in [5.41, 5.74) is 2.05. The molecule has 1 heterocycles. The number of hydrogen-bond donors (Lipinski definition) is 1. The second-order valence-electron chi connectivity index (χ2n) is 3.67. The van der Waals surface area contributed by atoms with E-state index in [0.717, 1.165) is 21.8 Å². The number of aryl methyl sites for hydroxylation is 1. The molecule has 0 aliphatic rings. The molecule has 0 fully saturated rings. The maximum atomic E-state index is 10.2. The van der Waals surface area contributed by atoms with Crippen LogP contribution in [0.1, 0.15) is 22.1 Å². The lowest BCUT2D eigenvalue weighted by molar-refractivity contribution is 0.219. The van der Waals surface area contributed by atoms with Crippen molar-refractivity contribution in [3.05, 3.63) is 51.7 Å². The molecule has 0 spiro atoms. The van der Waals surface area contributed by atoms with Crippen molar-refractivity contribution in [3.8, 4) is 5.75 Å². The van der Waals surface area contributed by atoms with E-state index < -0.39 is 6.10 Å². The molecule has 3 heteroatoms. The van der Waals surface area contributed by atoms with Crippen LogP contribution in [0.4, 0.5) is 0 Å². The van der Waals surface area contributed by atoms with Gasteiger partial charge in [0.1, 0.15) is 11.9 Å². The smallest absolute Gasteiger partial charge is 0.135 e. The highest BCUT2D eigenvalue weighted by molar-refractivity contribution is 7.10. The van der Waals surface area contributed by atoms with Gasteiger partial charge in [-0.2, -0.15) is 0 Å². The standard InChI is InChI=1S/C13H14O2S/c1-9-4-3-5-10(8-9)12(14)13-11(15-2)6-7-16-13/h3-8,12,14H,1-2H3. The number of aliphatic hydroxyl groups is 1. The lowest BCUT2D eigenvalue weighted by Gasteiger charge is -2.11. The van der Waals surface area contributed by atoms with Gasteiger partial charge >= 0.3 is 0 Å². The van der Waals surface area contributed by atoms with Crippen molar-refractivity contribution in [2.75, 3.05) is 7.11 Å². The van der Waals surface area contributed by atoms with Crippen LogP contribution in [0.15, 0.2) is 35.7 Å². The van der Waals surface area contributed by atoms with Gasteiger partial charge in [-0.1, -0.05) is 29.8 Å². The minimum absolute atomic E-state index is 0.602. The van der Waals surface area contributed by atoms with E-state index in [-0.39, 0.29) is 0 Å². The Hall–Kier alpha value is -1.32. The predicted octanol–water partition coefficient (Wildman–Crippen LogP) is 3.15. The molecule has 1 N–H and O–H groups in total. The van der Waals surface area contributed by atoms with Crippen molar-refractivity contribution in [2.24, 2.45) is 0 Å². The van der Waals surface area contributed by atoms with Crippen LogP contribution in [0, 0.1) is 6.92 Å². The van der Waals surface area contributed by atoms with Gasteiger partial charge in [-0.25, -0.2) is 0 Å². The largest absolute Gasteiger partial charge is 0.495 e. The van der Waals surface area contributed by atoms with Crippen LogP contribution in [-0.2, 0) is 0 Å². The highest BCUT2D eigenvalue weighted by atomic mass is 32.1. The highest BCUT2D eigenvalue weighted by Crippen LogP contribution is 2.34. The van der Waals surface area contributed by atoms with Crippen LogP contribution in [0.25, 0.3) is 0 Å². The Morgan fingerprint density at radius 3 is 2.81 bits per heavy atom. The second-order valence-corrected chi connectivity index (χ2v) is 4.62. The minimum atomic E-state index is -0.602. The van der Waals surface area contributed by atoms with Gasteiger partial charge in [0, 0.05) is 0 Å². The average Bonchev–Trinajstić information content (AvgIpc) is 2.76. The Balaban J connectivity index is 2.35. The molecule has 84 valence electrons. The summed E-state index contributed by atoms with van der Waals surface area (Å²) in [5.74, 6) is 0.749. The quantitative estimate of drug-likeness (QED) is 0.884. The van der Waals surface area contributed by atoms with Crippen LogP contribution in [0.2, 0.25) is 0 Å². The second kappa shape index (κ2) is 4.68. The molecule has 0 bridgehead atoms. The van der Waals surface area contributed by atoms with Crippen molar-refractivity contribution in [2.45, 2.75) is 13.0 Å². The Bertz CT molecular complexity index is 476. The first-order valence-corrected chi connectivity index (χ1v) is 5.96. The van der Waals surface area contributed by atoms with E-state index in [4.69, 9.17) is 4.74 Å². The predicted molar refractivity (Wildman–Crippen MR) is 66.1 cm³/mol. The first-order valence-electron chi connectivity index (χ1n) is 5.08. The first-order chi connectivity index (χ1) is 7.72. The molecule has 0 amide bonds. The Kier molecular flexibility index (Phi) is 3.27. The number of aliphatic hydroxyl groups excluding tert-OH is 1. The third-order valence-electron chi connectivity index (χ3n) is 2.48. The average molecular weight is 234 g/mol. The number of rotatable bonds is 3. The maximum Gasteiger partial charge on any atom is 0.135 e. The molecule has 1 aromatic carbocycles. The molecule has 0 saturated carbocycles. The van der Waals surface area contributed by atoms with Crippen molar-refractivity contribution >= 4 is 11.3 Å². The molecule has 0 saturated heterocycles. The minimum Gasteiger partial charge on any atom is -0.495 e. The van der Waals surface area contributed by atoms with Gasteiger partial charge in [0.05, 0.1) is 12.0 Å². The van der Waals surface area contributed by atoms with Gasteiger partial charge in [0.25, 0.3) is 0 Å². The molecule has 2 aromatic rings. The third kappa shape index (κ3) is 2.10. The van der Waals surface area contributed by atoms with Crippen LogP contribution < -0.4 is 4.74 Å². The summed E-state index contributed by atoms with van der Waals surface area (Å²) in [7, 11) is 1.62. The number of hydrogen-bond acceptors (Lipinski definition) is 3. The van der Waals surface area contributed by atoms with E-state index in [1.54, 1.807) is 7.11 Å². The number of thiophene rings is 1. The zero-order chi connectivity index (χ0) is 11.5. The number of benzene rings is 1. The van der Waals surface area contributed by atoms with Crippen molar-refractivity contribution < 1.29 is 9.84 Å². The lowest BCUT2D eigenvalue weighted by Crippen LogP contribution is -1.99. The number of ether oxygens (including phenoxy) is 1. The van der Waals surface area contributed by atoms with Crippen LogP contribution in [-0.4, -0.2) is 12.2 Å². The normalized spacial score (nSPS) is 12.4.